The molecule has 1 aromatic carbocycles. The van der Waals surface area contributed by atoms with Crippen LogP contribution in [0, 0.1) is 0 Å². The zero-order chi connectivity index (χ0) is 17.4. The number of nitrogens with one attached hydrogen (secondary N) is 1. The van der Waals surface area contributed by atoms with E-state index in [0.29, 0.717) is 30.2 Å². The summed E-state index contributed by atoms with van der Waals surface area (Å²) in [6.07, 6.45) is 5.45. The maximum Gasteiger partial charge on any atom is 0.224 e. The number of amides is 1. The van der Waals surface area contributed by atoms with Gasteiger partial charge in [0.05, 0.1) is 11.9 Å². The highest BCUT2D eigenvalue weighted by Gasteiger charge is 2.04. The SMILES string of the molecule is C/C=C(\CC)NC(=O)CCc1ccc(Oc2ccc(N)cn2)cc1. The third-order valence-corrected chi connectivity index (χ3v) is 3.58. The number of anilines is 1. The molecule has 0 aliphatic carbocycles. The summed E-state index contributed by atoms with van der Waals surface area (Å²) in [6.45, 7) is 3.94. The van der Waals surface area contributed by atoms with Gasteiger partial charge in [-0.05, 0) is 43.5 Å². The third kappa shape index (κ3) is 5.43. The molecule has 5 nitrogen and oxygen atoms in total. The first kappa shape index (κ1) is 17.5. The van der Waals surface area contributed by atoms with Crippen LogP contribution in [0.5, 0.6) is 11.6 Å². The fourth-order valence-electron chi connectivity index (χ4n) is 2.16. The molecule has 1 aromatic heterocycles. The number of allylic oxidation sites excluding steroid dienone is 2. The molecule has 5 heteroatoms. The second kappa shape index (κ2) is 8.72. The number of nitrogens with two attached hydrogens (primary N) is 1. The quantitative estimate of drug-likeness (QED) is 0.811. The number of ether oxygens (including phenoxy) is 1. The molecule has 3 N–H and O–H groups in total. The van der Waals surface area contributed by atoms with Crippen LogP contribution in [0.1, 0.15) is 32.3 Å². The Morgan fingerprint density at radius 1 is 1.25 bits per heavy atom. The molecule has 2 rings (SSSR count). The number of benzene rings is 1. The van der Waals surface area contributed by atoms with Gasteiger partial charge in [0.2, 0.25) is 11.8 Å². The topological polar surface area (TPSA) is 77.2 Å². The van der Waals surface area contributed by atoms with Crippen molar-refractivity contribution >= 4 is 11.6 Å². The van der Waals surface area contributed by atoms with E-state index in [2.05, 4.69) is 10.3 Å². The summed E-state index contributed by atoms with van der Waals surface area (Å²) >= 11 is 0. The number of hydrogen-bond donors (Lipinski definition) is 2. The highest BCUT2D eigenvalue weighted by Crippen LogP contribution is 2.20. The molecule has 0 aliphatic heterocycles. The molecule has 0 aliphatic rings. The molecule has 0 unspecified atom stereocenters. The van der Waals surface area contributed by atoms with E-state index in [-0.39, 0.29) is 5.91 Å². The Kier molecular flexibility index (Phi) is 6.37. The predicted molar refractivity (Wildman–Crippen MR) is 95.7 cm³/mol. The minimum atomic E-state index is 0.0383. The smallest absolute Gasteiger partial charge is 0.224 e. The van der Waals surface area contributed by atoms with Crippen LogP contribution in [0.25, 0.3) is 0 Å². The molecule has 1 amide bonds. The monoisotopic (exact) mass is 325 g/mol. The Morgan fingerprint density at radius 2 is 2.00 bits per heavy atom. The number of aryl methyl sites for hydroxylation is 1. The van der Waals surface area contributed by atoms with Crippen molar-refractivity contribution in [3.63, 3.8) is 0 Å². The van der Waals surface area contributed by atoms with Crippen molar-refractivity contribution in [3.05, 3.63) is 59.9 Å². The van der Waals surface area contributed by atoms with Gasteiger partial charge in [-0.15, -0.1) is 0 Å². The van der Waals surface area contributed by atoms with Gasteiger partial charge >= 0.3 is 0 Å². The van der Waals surface area contributed by atoms with Gasteiger partial charge in [-0.3, -0.25) is 4.79 Å². The third-order valence-electron chi connectivity index (χ3n) is 3.58. The summed E-state index contributed by atoms with van der Waals surface area (Å²) < 4.78 is 5.64. The minimum absolute atomic E-state index is 0.0383. The van der Waals surface area contributed by atoms with E-state index < -0.39 is 0 Å². The summed E-state index contributed by atoms with van der Waals surface area (Å²) in [5, 5.41) is 2.91. The highest BCUT2D eigenvalue weighted by atomic mass is 16.5. The van der Waals surface area contributed by atoms with Crippen LogP contribution in [0.15, 0.2) is 54.4 Å². The van der Waals surface area contributed by atoms with Gasteiger partial charge in [0, 0.05) is 18.2 Å². The summed E-state index contributed by atoms with van der Waals surface area (Å²) in [6, 6.07) is 11.1. The largest absolute Gasteiger partial charge is 0.439 e. The van der Waals surface area contributed by atoms with E-state index >= 15 is 0 Å². The Hall–Kier alpha value is -2.82. The van der Waals surface area contributed by atoms with E-state index in [1.807, 2.05) is 44.2 Å². The lowest BCUT2D eigenvalue weighted by molar-refractivity contribution is -0.120. The number of rotatable bonds is 7. The second-order valence-corrected chi connectivity index (χ2v) is 5.39. The number of nitrogen functional groups attached to an aromatic ring is 1. The molecule has 0 radical (unpaired) electrons. The average molecular weight is 325 g/mol. The molecular weight excluding hydrogens is 302 g/mol. The first-order chi connectivity index (χ1) is 11.6. The number of hydrogen-bond acceptors (Lipinski definition) is 4. The van der Waals surface area contributed by atoms with Crippen LogP contribution in [-0.4, -0.2) is 10.9 Å². The van der Waals surface area contributed by atoms with Gasteiger partial charge < -0.3 is 15.8 Å². The first-order valence-corrected chi connectivity index (χ1v) is 8.04. The normalized spacial score (nSPS) is 11.2. The zero-order valence-electron chi connectivity index (χ0n) is 14.1. The number of pyridine rings is 1. The first-order valence-electron chi connectivity index (χ1n) is 8.04. The Morgan fingerprint density at radius 3 is 2.58 bits per heavy atom. The van der Waals surface area contributed by atoms with Gasteiger partial charge in [0.15, 0.2) is 0 Å². The molecule has 0 spiro atoms. The molecule has 1 heterocycles. The lowest BCUT2D eigenvalue weighted by Gasteiger charge is -2.08. The lowest BCUT2D eigenvalue weighted by atomic mass is 10.1. The average Bonchev–Trinajstić information content (AvgIpc) is 2.61. The zero-order valence-corrected chi connectivity index (χ0v) is 14.1. The molecule has 0 saturated carbocycles. The molecular formula is C19H23N3O2. The molecule has 24 heavy (non-hydrogen) atoms. The molecule has 0 saturated heterocycles. The summed E-state index contributed by atoms with van der Waals surface area (Å²) in [4.78, 5) is 16.0. The molecule has 126 valence electrons. The van der Waals surface area contributed by atoms with Crippen molar-refractivity contribution in [1.82, 2.24) is 10.3 Å². The van der Waals surface area contributed by atoms with Crippen LogP contribution in [0.4, 0.5) is 5.69 Å². The van der Waals surface area contributed by atoms with Crippen LogP contribution in [0.3, 0.4) is 0 Å². The number of carbonyl (C=O) groups excluding carboxylic acids is 1. The van der Waals surface area contributed by atoms with Crippen molar-refractivity contribution in [2.45, 2.75) is 33.1 Å². The molecule has 0 fully saturated rings. The summed E-state index contributed by atoms with van der Waals surface area (Å²) in [5.41, 5.74) is 8.23. The van der Waals surface area contributed by atoms with Gasteiger partial charge in [-0.2, -0.15) is 0 Å². The van der Waals surface area contributed by atoms with Crippen LogP contribution < -0.4 is 15.8 Å². The predicted octanol–water partition coefficient (Wildman–Crippen LogP) is 3.82. The van der Waals surface area contributed by atoms with E-state index in [1.54, 1.807) is 18.3 Å². The second-order valence-electron chi connectivity index (χ2n) is 5.39. The van der Waals surface area contributed by atoms with Crippen molar-refractivity contribution in [3.8, 4) is 11.6 Å². The van der Waals surface area contributed by atoms with Crippen molar-refractivity contribution in [1.29, 1.82) is 0 Å². The Balaban J connectivity index is 1.85. The van der Waals surface area contributed by atoms with Crippen molar-refractivity contribution < 1.29 is 9.53 Å². The Bertz CT molecular complexity index is 692. The number of nitrogens with zero attached hydrogens (tertiary/aromatic N) is 1. The van der Waals surface area contributed by atoms with Crippen molar-refractivity contribution in [2.75, 3.05) is 5.73 Å². The minimum Gasteiger partial charge on any atom is -0.439 e. The van der Waals surface area contributed by atoms with Gasteiger partial charge in [-0.1, -0.05) is 25.1 Å². The summed E-state index contributed by atoms with van der Waals surface area (Å²) in [7, 11) is 0. The molecule has 0 bridgehead atoms. The fraction of sp³-hybridized carbons (Fsp3) is 0.263. The van der Waals surface area contributed by atoms with Crippen molar-refractivity contribution in [2.24, 2.45) is 0 Å². The van der Waals surface area contributed by atoms with Gasteiger partial charge in [0.1, 0.15) is 5.75 Å². The van der Waals surface area contributed by atoms with Crippen LogP contribution >= 0.6 is 0 Å². The maximum absolute atomic E-state index is 11.9. The van der Waals surface area contributed by atoms with E-state index in [1.165, 1.54) is 0 Å². The Labute approximate surface area is 142 Å². The van der Waals surface area contributed by atoms with E-state index in [4.69, 9.17) is 10.5 Å². The number of carbonyl (C=O) groups is 1. The van der Waals surface area contributed by atoms with Gasteiger partial charge in [0.25, 0.3) is 0 Å². The standard InChI is InChI=1S/C19H23N3O2/c1-3-16(4-2)22-18(23)11-7-14-5-9-17(10-6-14)24-19-12-8-15(20)13-21-19/h3,5-6,8-10,12-13H,4,7,11,20H2,1-2H3,(H,22,23)/b16-3+. The van der Waals surface area contributed by atoms with Gasteiger partial charge in [-0.25, -0.2) is 4.98 Å². The maximum atomic E-state index is 11.9. The van der Waals surface area contributed by atoms with Crippen LogP contribution in [-0.2, 0) is 11.2 Å². The molecule has 2 aromatic rings. The number of aromatic nitrogens is 1. The summed E-state index contributed by atoms with van der Waals surface area (Å²) in [5.74, 6) is 1.23. The lowest BCUT2D eigenvalue weighted by Crippen LogP contribution is -2.22. The highest BCUT2D eigenvalue weighted by molar-refractivity contribution is 5.78. The van der Waals surface area contributed by atoms with E-state index in [9.17, 15) is 4.79 Å². The van der Waals surface area contributed by atoms with Crippen LogP contribution in [0.2, 0.25) is 0 Å². The molecule has 0 atom stereocenters. The fourth-order valence-corrected chi connectivity index (χ4v) is 2.16. The van der Waals surface area contributed by atoms with E-state index in [0.717, 1.165) is 17.7 Å².